The summed E-state index contributed by atoms with van der Waals surface area (Å²) in [4.78, 5) is 25.5. The molecule has 1 aromatic carbocycles. The highest BCUT2D eigenvalue weighted by molar-refractivity contribution is 5.85. The lowest BCUT2D eigenvalue weighted by Gasteiger charge is -2.22. The molecule has 108 valence electrons. The topological polar surface area (TPSA) is 72.6 Å². The van der Waals surface area contributed by atoms with Gasteiger partial charge in [0.25, 0.3) is 0 Å². The zero-order chi connectivity index (χ0) is 14.5. The van der Waals surface area contributed by atoms with E-state index in [-0.39, 0.29) is 11.9 Å². The molecule has 1 fully saturated rings. The Balaban J connectivity index is 1.93. The highest BCUT2D eigenvalue weighted by Crippen LogP contribution is 2.20. The van der Waals surface area contributed by atoms with E-state index < -0.39 is 6.04 Å². The third kappa shape index (κ3) is 3.29. The average Bonchev–Trinajstić information content (AvgIpc) is 2.93. The van der Waals surface area contributed by atoms with Crippen molar-refractivity contribution in [1.82, 2.24) is 4.90 Å². The fraction of sp³-hybridized carbons (Fsp3) is 0.467. The SMILES string of the molecule is COC(=O)C1CCCN1C(=O)CCc1cccc(N)c1. The second-order valence-corrected chi connectivity index (χ2v) is 5.01. The Morgan fingerprint density at radius 2 is 2.25 bits per heavy atom. The zero-order valence-electron chi connectivity index (χ0n) is 11.7. The Bertz CT molecular complexity index is 502. The van der Waals surface area contributed by atoms with Crippen molar-refractivity contribution in [2.75, 3.05) is 19.4 Å². The van der Waals surface area contributed by atoms with Gasteiger partial charge >= 0.3 is 5.97 Å². The summed E-state index contributed by atoms with van der Waals surface area (Å²) in [5, 5.41) is 0. The van der Waals surface area contributed by atoms with Crippen molar-refractivity contribution in [3.8, 4) is 0 Å². The normalized spacial score (nSPS) is 18.1. The predicted octanol–water partition coefficient (Wildman–Crippen LogP) is 1.37. The van der Waals surface area contributed by atoms with Crippen LogP contribution in [0.2, 0.25) is 0 Å². The van der Waals surface area contributed by atoms with Crippen molar-refractivity contribution in [3.05, 3.63) is 29.8 Å². The number of carbonyl (C=O) groups is 2. The van der Waals surface area contributed by atoms with Gasteiger partial charge in [0.05, 0.1) is 7.11 Å². The Labute approximate surface area is 118 Å². The Kier molecular flexibility index (Phi) is 4.61. The van der Waals surface area contributed by atoms with Gasteiger partial charge in [-0.1, -0.05) is 12.1 Å². The van der Waals surface area contributed by atoms with Crippen molar-refractivity contribution < 1.29 is 14.3 Å². The number of likely N-dealkylation sites (tertiary alicyclic amines) is 1. The van der Waals surface area contributed by atoms with E-state index >= 15 is 0 Å². The number of hydrogen-bond acceptors (Lipinski definition) is 4. The first-order chi connectivity index (χ1) is 9.61. The minimum atomic E-state index is -0.409. The van der Waals surface area contributed by atoms with Gasteiger partial charge in [0.1, 0.15) is 6.04 Å². The van der Waals surface area contributed by atoms with Crippen LogP contribution in [0.4, 0.5) is 5.69 Å². The van der Waals surface area contributed by atoms with E-state index in [2.05, 4.69) is 0 Å². The number of carbonyl (C=O) groups excluding carboxylic acids is 2. The van der Waals surface area contributed by atoms with Gasteiger partial charge in [0.2, 0.25) is 5.91 Å². The van der Waals surface area contributed by atoms with E-state index in [9.17, 15) is 9.59 Å². The average molecular weight is 276 g/mol. The number of nitrogens with two attached hydrogens (primary N) is 1. The second-order valence-electron chi connectivity index (χ2n) is 5.01. The summed E-state index contributed by atoms with van der Waals surface area (Å²) < 4.78 is 4.74. The number of hydrogen-bond donors (Lipinski definition) is 1. The van der Waals surface area contributed by atoms with Crippen LogP contribution in [0, 0.1) is 0 Å². The molecule has 0 radical (unpaired) electrons. The van der Waals surface area contributed by atoms with E-state index in [4.69, 9.17) is 10.5 Å². The molecule has 1 amide bonds. The first kappa shape index (κ1) is 14.4. The molecule has 0 aromatic heterocycles. The van der Waals surface area contributed by atoms with E-state index in [1.54, 1.807) is 4.90 Å². The number of esters is 1. The number of ether oxygens (including phenoxy) is 1. The lowest BCUT2D eigenvalue weighted by Crippen LogP contribution is -2.41. The molecular weight excluding hydrogens is 256 g/mol. The molecule has 20 heavy (non-hydrogen) atoms. The maximum absolute atomic E-state index is 12.2. The highest BCUT2D eigenvalue weighted by atomic mass is 16.5. The highest BCUT2D eigenvalue weighted by Gasteiger charge is 2.34. The van der Waals surface area contributed by atoms with Crippen LogP contribution in [-0.4, -0.2) is 36.5 Å². The summed E-state index contributed by atoms with van der Waals surface area (Å²) in [7, 11) is 1.36. The molecule has 1 aliphatic heterocycles. The molecule has 1 heterocycles. The van der Waals surface area contributed by atoms with Gasteiger partial charge in [0.15, 0.2) is 0 Å². The second kappa shape index (κ2) is 6.41. The van der Waals surface area contributed by atoms with Gasteiger partial charge in [-0.25, -0.2) is 4.79 Å². The van der Waals surface area contributed by atoms with Gasteiger partial charge in [0, 0.05) is 18.7 Å². The van der Waals surface area contributed by atoms with E-state index in [1.807, 2.05) is 24.3 Å². The minimum absolute atomic E-state index is 0.000300. The third-order valence-corrected chi connectivity index (χ3v) is 3.62. The van der Waals surface area contributed by atoms with Crippen molar-refractivity contribution in [2.45, 2.75) is 31.7 Å². The Morgan fingerprint density at radius 3 is 2.95 bits per heavy atom. The molecule has 1 aliphatic rings. The third-order valence-electron chi connectivity index (χ3n) is 3.62. The first-order valence-electron chi connectivity index (χ1n) is 6.83. The molecule has 0 aliphatic carbocycles. The maximum atomic E-state index is 12.2. The molecule has 2 rings (SSSR count). The van der Waals surface area contributed by atoms with Crippen LogP contribution in [-0.2, 0) is 20.7 Å². The van der Waals surface area contributed by atoms with Crippen molar-refractivity contribution in [2.24, 2.45) is 0 Å². The summed E-state index contributed by atoms with van der Waals surface area (Å²) in [6.07, 6.45) is 2.56. The van der Waals surface area contributed by atoms with Crippen LogP contribution < -0.4 is 5.73 Å². The van der Waals surface area contributed by atoms with Gasteiger partial charge in [-0.3, -0.25) is 4.79 Å². The predicted molar refractivity (Wildman–Crippen MR) is 75.9 cm³/mol. The molecule has 0 saturated carbocycles. The molecule has 0 spiro atoms. The summed E-state index contributed by atoms with van der Waals surface area (Å²) in [6.45, 7) is 0.634. The maximum Gasteiger partial charge on any atom is 0.328 e. The van der Waals surface area contributed by atoms with Crippen molar-refractivity contribution >= 4 is 17.6 Å². The van der Waals surface area contributed by atoms with Gasteiger partial charge in [-0.15, -0.1) is 0 Å². The molecule has 2 N–H and O–H groups in total. The van der Waals surface area contributed by atoms with Crippen LogP contribution in [0.3, 0.4) is 0 Å². The van der Waals surface area contributed by atoms with Crippen LogP contribution in [0.25, 0.3) is 0 Å². The number of aryl methyl sites for hydroxylation is 1. The van der Waals surface area contributed by atoms with Gasteiger partial charge in [-0.2, -0.15) is 0 Å². The monoisotopic (exact) mass is 276 g/mol. The standard InChI is InChI=1S/C15H20N2O3/c1-20-15(19)13-6-3-9-17(13)14(18)8-7-11-4-2-5-12(16)10-11/h2,4-5,10,13H,3,6-9,16H2,1H3. The van der Waals surface area contributed by atoms with E-state index in [1.165, 1.54) is 7.11 Å². The molecule has 5 heteroatoms. The fourth-order valence-corrected chi connectivity index (χ4v) is 2.59. The van der Waals surface area contributed by atoms with Gasteiger partial charge < -0.3 is 15.4 Å². The fourth-order valence-electron chi connectivity index (χ4n) is 2.59. The minimum Gasteiger partial charge on any atom is -0.467 e. The summed E-state index contributed by atoms with van der Waals surface area (Å²) >= 11 is 0. The number of nitrogen functional groups attached to an aromatic ring is 1. The van der Waals surface area contributed by atoms with E-state index in [0.717, 1.165) is 12.0 Å². The van der Waals surface area contributed by atoms with Crippen LogP contribution in [0.5, 0.6) is 0 Å². The van der Waals surface area contributed by atoms with Gasteiger partial charge in [-0.05, 0) is 37.0 Å². The number of rotatable bonds is 4. The summed E-state index contributed by atoms with van der Waals surface area (Å²) in [6, 6.07) is 7.11. The summed E-state index contributed by atoms with van der Waals surface area (Å²) in [5.41, 5.74) is 7.44. The lowest BCUT2D eigenvalue weighted by molar-refractivity contribution is -0.150. The molecule has 1 unspecified atom stereocenters. The first-order valence-corrected chi connectivity index (χ1v) is 6.83. The quantitative estimate of drug-likeness (QED) is 0.666. The smallest absolute Gasteiger partial charge is 0.328 e. The number of amides is 1. The lowest BCUT2D eigenvalue weighted by atomic mass is 10.1. The van der Waals surface area contributed by atoms with Crippen molar-refractivity contribution in [3.63, 3.8) is 0 Å². The molecule has 1 aromatic rings. The number of benzene rings is 1. The number of methoxy groups -OCH3 is 1. The van der Waals surface area contributed by atoms with Crippen LogP contribution in [0.1, 0.15) is 24.8 Å². The Morgan fingerprint density at radius 1 is 1.45 bits per heavy atom. The van der Waals surface area contributed by atoms with Crippen LogP contribution in [0.15, 0.2) is 24.3 Å². The van der Waals surface area contributed by atoms with E-state index in [0.29, 0.717) is 31.5 Å². The molecule has 0 bridgehead atoms. The Hall–Kier alpha value is -2.04. The molecular formula is C15H20N2O3. The van der Waals surface area contributed by atoms with Crippen LogP contribution >= 0.6 is 0 Å². The molecule has 1 atom stereocenters. The van der Waals surface area contributed by atoms with Crippen molar-refractivity contribution in [1.29, 1.82) is 0 Å². The zero-order valence-corrected chi connectivity index (χ0v) is 11.7. The number of nitrogens with zero attached hydrogens (tertiary/aromatic N) is 1. The largest absolute Gasteiger partial charge is 0.467 e. The summed E-state index contributed by atoms with van der Waals surface area (Å²) in [5.74, 6) is -0.319. The number of anilines is 1. The molecule has 1 saturated heterocycles. The molecule has 5 nitrogen and oxygen atoms in total.